The lowest BCUT2D eigenvalue weighted by molar-refractivity contribution is -0.114. The smallest absolute Gasteiger partial charge is 0.243 e. The molecule has 2 rings (SSSR count). The van der Waals surface area contributed by atoms with Gasteiger partial charge in [0.25, 0.3) is 0 Å². The summed E-state index contributed by atoms with van der Waals surface area (Å²) in [6, 6.07) is 16.2. The van der Waals surface area contributed by atoms with Crippen molar-refractivity contribution >= 4 is 17.3 Å². The summed E-state index contributed by atoms with van der Waals surface area (Å²) in [4.78, 5) is 12.3. The van der Waals surface area contributed by atoms with E-state index < -0.39 is 0 Å². The highest BCUT2D eigenvalue weighted by Gasteiger charge is 2.18. The zero-order chi connectivity index (χ0) is 17.7. The standard InChI is InChI=1S/C21H28N2O/c1-15(2)16-10-12-17(13-11-16)22-14-20(24)23-19-9-7-6-8-18(19)21(3,4)5/h6-13,15,22H,14H2,1-5H3,(H,23,24). The quantitative estimate of drug-likeness (QED) is 0.798. The molecule has 0 bridgehead atoms. The zero-order valence-electron chi connectivity index (χ0n) is 15.3. The van der Waals surface area contributed by atoms with Crippen LogP contribution in [0.4, 0.5) is 11.4 Å². The molecule has 0 spiro atoms. The van der Waals surface area contributed by atoms with Gasteiger partial charge in [0.2, 0.25) is 5.91 Å². The van der Waals surface area contributed by atoms with Gasteiger partial charge in [0.15, 0.2) is 0 Å². The Morgan fingerprint density at radius 2 is 1.62 bits per heavy atom. The molecule has 1 amide bonds. The average Bonchev–Trinajstić information content (AvgIpc) is 2.53. The van der Waals surface area contributed by atoms with Crippen LogP contribution in [0.1, 0.15) is 51.7 Å². The number of nitrogens with one attached hydrogen (secondary N) is 2. The van der Waals surface area contributed by atoms with Crippen LogP contribution in [0.15, 0.2) is 48.5 Å². The number of hydrogen-bond donors (Lipinski definition) is 2. The van der Waals surface area contributed by atoms with E-state index in [1.807, 2.05) is 30.3 Å². The summed E-state index contributed by atoms with van der Waals surface area (Å²) < 4.78 is 0. The van der Waals surface area contributed by atoms with Crippen LogP contribution in [0.25, 0.3) is 0 Å². The summed E-state index contributed by atoms with van der Waals surface area (Å²) in [5, 5.41) is 6.19. The van der Waals surface area contributed by atoms with Crippen LogP contribution in [0, 0.1) is 0 Å². The molecule has 24 heavy (non-hydrogen) atoms. The van der Waals surface area contributed by atoms with Crippen LogP contribution in [0.3, 0.4) is 0 Å². The molecule has 0 saturated carbocycles. The molecule has 2 N–H and O–H groups in total. The Morgan fingerprint density at radius 1 is 1.00 bits per heavy atom. The van der Waals surface area contributed by atoms with Crippen molar-refractivity contribution in [3.8, 4) is 0 Å². The highest BCUT2D eigenvalue weighted by molar-refractivity contribution is 5.94. The van der Waals surface area contributed by atoms with E-state index in [2.05, 4.69) is 63.5 Å². The van der Waals surface area contributed by atoms with E-state index in [1.54, 1.807) is 0 Å². The molecule has 3 nitrogen and oxygen atoms in total. The summed E-state index contributed by atoms with van der Waals surface area (Å²) >= 11 is 0. The van der Waals surface area contributed by atoms with Gasteiger partial charge in [0, 0.05) is 11.4 Å². The first-order valence-corrected chi connectivity index (χ1v) is 8.50. The maximum atomic E-state index is 12.3. The topological polar surface area (TPSA) is 41.1 Å². The van der Waals surface area contributed by atoms with Crippen LogP contribution in [0.2, 0.25) is 0 Å². The largest absolute Gasteiger partial charge is 0.376 e. The molecule has 2 aromatic rings. The van der Waals surface area contributed by atoms with Crippen molar-refractivity contribution in [3.63, 3.8) is 0 Å². The normalized spacial score (nSPS) is 11.4. The summed E-state index contributed by atoms with van der Waals surface area (Å²) in [6.45, 7) is 11.0. The molecule has 0 aromatic heterocycles. The molecule has 0 radical (unpaired) electrons. The van der Waals surface area contributed by atoms with Crippen LogP contribution < -0.4 is 10.6 Å². The van der Waals surface area contributed by atoms with Gasteiger partial charge < -0.3 is 10.6 Å². The number of para-hydroxylation sites is 1. The maximum absolute atomic E-state index is 12.3. The zero-order valence-corrected chi connectivity index (χ0v) is 15.3. The Kier molecular flexibility index (Phi) is 5.66. The van der Waals surface area contributed by atoms with E-state index in [4.69, 9.17) is 0 Å². The summed E-state index contributed by atoms with van der Waals surface area (Å²) in [5.41, 5.74) is 4.26. The minimum absolute atomic E-state index is 0.00994. The minimum atomic E-state index is -0.0420. The molecule has 128 valence electrons. The monoisotopic (exact) mass is 324 g/mol. The van der Waals surface area contributed by atoms with Gasteiger partial charge in [0.05, 0.1) is 6.54 Å². The second-order valence-electron chi connectivity index (χ2n) is 7.47. The fourth-order valence-corrected chi connectivity index (χ4v) is 2.61. The van der Waals surface area contributed by atoms with Crippen molar-refractivity contribution in [2.45, 2.75) is 46.0 Å². The number of carbonyl (C=O) groups excluding carboxylic acids is 1. The molecule has 2 aromatic carbocycles. The van der Waals surface area contributed by atoms with E-state index in [1.165, 1.54) is 5.56 Å². The van der Waals surface area contributed by atoms with Gasteiger partial charge in [-0.15, -0.1) is 0 Å². The Bertz CT molecular complexity index is 682. The van der Waals surface area contributed by atoms with Gasteiger partial charge in [-0.3, -0.25) is 4.79 Å². The first-order chi connectivity index (χ1) is 11.3. The highest BCUT2D eigenvalue weighted by Crippen LogP contribution is 2.29. The molecule has 0 fully saturated rings. The van der Waals surface area contributed by atoms with Crippen molar-refractivity contribution < 1.29 is 4.79 Å². The second kappa shape index (κ2) is 7.52. The average molecular weight is 324 g/mol. The van der Waals surface area contributed by atoms with E-state index in [9.17, 15) is 4.79 Å². The van der Waals surface area contributed by atoms with E-state index >= 15 is 0 Å². The molecular formula is C21H28N2O. The fraction of sp³-hybridized carbons (Fsp3) is 0.381. The molecule has 0 saturated heterocycles. The predicted octanol–water partition coefficient (Wildman–Crippen LogP) is 5.16. The summed E-state index contributed by atoms with van der Waals surface area (Å²) in [7, 11) is 0. The molecule has 0 heterocycles. The molecule has 3 heteroatoms. The van der Waals surface area contributed by atoms with Crippen molar-refractivity contribution in [2.24, 2.45) is 0 Å². The van der Waals surface area contributed by atoms with Crippen LogP contribution in [-0.2, 0) is 10.2 Å². The Hall–Kier alpha value is -2.29. The highest BCUT2D eigenvalue weighted by atomic mass is 16.1. The van der Waals surface area contributed by atoms with Gasteiger partial charge in [-0.05, 0) is 40.7 Å². The van der Waals surface area contributed by atoms with Gasteiger partial charge in [-0.1, -0.05) is 65.0 Å². The van der Waals surface area contributed by atoms with E-state index in [0.29, 0.717) is 5.92 Å². The molecule has 0 aliphatic carbocycles. The molecule has 0 atom stereocenters. The minimum Gasteiger partial charge on any atom is -0.376 e. The third-order valence-electron chi connectivity index (χ3n) is 4.04. The van der Waals surface area contributed by atoms with Gasteiger partial charge >= 0.3 is 0 Å². The van der Waals surface area contributed by atoms with E-state index in [0.717, 1.165) is 16.9 Å². The van der Waals surface area contributed by atoms with Gasteiger partial charge in [-0.25, -0.2) is 0 Å². The SMILES string of the molecule is CC(C)c1ccc(NCC(=O)Nc2ccccc2C(C)(C)C)cc1. The number of amides is 1. The lowest BCUT2D eigenvalue weighted by atomic mass is 9.86. The number of anilines is 2. The third-order valence-corrected chi connectivity index (χ3v) is 4.04. The van der Waals surface area contributed by atoms with Crippen LogP contribution in [-0.4, -0.2) is 12.5 Å². The lowest BCUT2D eigenvalue weighted by Crippen LogP contribution is -2.24. The van der Waals surface area contributed by atoms with Gasteiger partial charge in [0.1, 0.15) is 0 Å². The predicted molar refractivity (Wildman–Crippen MR) is 103 cm³/mol. The molecule has 0 aliphatic rings. The van der Waals surface area contributed by atoms with Crippen molar-refractivity contribution in [2.75, 3.05) is 17.2 Å². The van der Waals surface area contributed by atoms with Crippen molar-refractivity contribution in [1.29, 1.82) is 0 Å². The summed E-state index contributed by atoms with van der Waals surface area (Å²) in [5.74, 6) is 0.468. The Balaban J connectivity index is 1.97. The number of rotatable bonds is 5. The third kappa shape index (κ3) is 4.85. The van der Waals surface area contributed by atoms with Crippen LogP contribution in [0.5, 0.6) is 0 Å². The number of hydrogen-bond acceptors (Lipinski definition) is 2. The van der Waals surface area contributed by atoms with Crippen molar-refractivity contribution in [1.82, 2.24) is 0 Å². The van der Waals surface area contributed by atoms with Crippen molar-refractivity contribution in [3.05, 3.63) is 59.7 Å². The Morgan fingerprint density at radius 3 is 2.21 bits per heavy atom. The lowest BCUT2D eigenvalue weighted by Gasteiger charge is -2.23. The molecular weight excluding hydrogens is 296 g/mol. The first kappa shape index (κ1) is 18.1. The molecule has 0 unspecified atom stereocenters. The summed E-state index contributed by atoms with van der Waals surface area (Å²) in [6.07, 6.45) is 0. The second-order valence-corrected chi connectivity index (χ2v) is 7.47. The Labute approximate surface area is 145 Å². The van der Waals surface area contributed by atoms with Gasteiger partial charge in [-0.2, -0.15) is 0 Å². The van der Waals surface area contributed by atoms with E-state index in [-0.39, 0.29) is 17.9 Å². The maximum Gasteiger partial charge on any atom is 0.243 e. The fourth-order valence-electron chi connectivity index (χ4n) is 2.61. The number of carbonyl (C=O) groups is 1. The molecule has 0 aliphatic heterocycles. The number of benzene rings is 2. The first-order valence-electron chi connectivity index (χ1n) is 8.50. The van der Waals surface area contributed by atoms with Crippen LogP contribution >= 0.6 is 0 Å².